The lowest BCUT2D eigenvalue weighted by molar-refractivity contribution is -0.154. The van der Waals surface area contributed by atoms with E-state index in [-0.39, 0.29) is 0 Å². The number of aliphatic carboxylic acids is 1. The van der Waals surface area contributed by atoms with Gasteiger partial charge >= 0.3 is 5.97 Å². The molecule has 0 spiro atoms. The van der Waals surface area contributed by atoms with Crippen molar-refractivity contribution < 1.29 is 14.6 Å². The highest BCUT2D eigenvalue weighted by Gasteiger charge is 2.33. The first kappa shape index (κ1) is 12.6. The molecule has 0 bridgehead atoms. The van der Waals surface area contributed by atoms with Crippen molar-refractivity contribution in [1.29, 1.82) is 0 Å². The van der Waals surface area contributed by atoms with E-state index in [0.717, 1.165) is 12.0 Å². The summed E-state index contributed by atoms with van der Waals surface area (Å²) < 4.78 is 5.56. The average molecular weight is 222 g/mol. The molecular weight excluding hydrogens is 204 g/mol. The van der Waals surface area contributed by atoms with Gasteiger partial charge in [0, 0.05) is 0 Å². The van der Waals surface area contributed by atoms with Crippen molar-refractivity contribution in [3.05, 3.63) is 29.8 Å². The summed E-state index contributed by atoms with van der Waals surface area (Å²) in [5.41, 5.74) is -0.00633. The lowest BCUT2D eigenvalue weighted by Gasteiger charge is -2.25. The van der Waals surface area contributed by atoms with E-state index in [4.69, 9.17) is 9.84 Å². The summed E-state index contributed by atoms with van der Waals surface area (Å²) in [6.07, 6.45) is 1.34. The van der Waals surface area contributed by atoms with Gasteiger partial charge in [0.15, 0.2) is 0 Å². The smallest absolute Gasteiger partial charge is 0.347 e. The Labute approximate surface area is 96.1 Å². The highest BCUT2D eigenvalue weighted by atomic mass is 16.5. The SMILES string of the molecule is CCc1cccc(OC(C)(CC)C(=O)O)c1. The van der Waals surface area contributed by atoms with Crippen LogP contribution in [0.5, 0.6) is 5.75 Å². The van der Waals surface area contributed by atoms with Crippen LogP contribution in [0.25, 0.3) is 0 Å². The maximum Gasteiger partial charge on any atom is 0.347 e. The number of rotatable bonds is 5. The van der Waals surface area contributed by atoms with Crippen LogP contribution in [0, 0.1) is 0 Å². The molecule has 0 saturated carbocycles. The third-order valence-corrected chi connectivity index (χ3v) is 2.78. The fourth-order valence-corrected chi connectivity index (χ4v) is 1.36. The Hall–Kier alpha value is -1.51. The van der Waals surface area contributed by atoms with E-state index in [1.165, 1.54) is 0 Å². The quantitative estimate of drug-likeness (QED) is 0.833. The molecule has 0 radical (unpaired) electrons. The zero-order valence-corrected chi connectivity index (χ0v) is 9.99. The number of ether oxygens (including phenoxy) is 1. The number of aryl methyl sites for hydroxylation is 1. The first-order valence-electron chi connectivity index (χ1n) is 5.53. The second kappa shape index (κ2) is 5.01. The van der Waals surface area contributed by atoms with Gasteiger partial charge in [-0.25, -0.2) is 4.79 Å². The van der Waals surface area contributed by atoms with Crippen LogP contribution in [-0.4, -0.2) is 16.7 Å². The molecule has 0 aromatic heterocycles. The van der Waals surface area contributed by atoms with Gasteiger partial charge < -0.3 is 9.84 Å². The summed E-state index contributed by atoms with van der Waals surface area (Å²) in [4.78, 5) is 11.1. The molecule has 1 unspecified atom stereocenters. The maximum atomic E-state index is 11.1. The van der Waals surface area contributed by atoms with E-state index in [2.05, 4.69) is 6.92 Å². The molecule has 0 aliphatic heterocycles. The molecular formula is C13H18O3. The van der Waals surface area contributed by atoms with Crippen LogP contribution >= 0.6 is 0 Å². The van der Waals surface area contributed by atoms with Gasteiger partial charge in [-0.1, -0.05) is 26.0 Å². The van der Waals surface area contributed by atoms with E-state index < -0.39 is 11.6 Å². The molecule has 0 aliphatic rings. The zero-order chi connectivity index (χ0) is 12.2. The largest absolute Gasteiger partial charge is 0.478 e. The summed E-state index contributed by atoms with van der Waals surface area (Å²) in [6, 6.07) is 7.55. The number of hydrogen-bond acceptors (Lipinski definition) is 2. The second-order valence-corrected chi connectivity index (χ2v) is 3.99. The van der Waals surface area contributed by atoms with Crippen LogP contribution in [0.4, 0.5) is 0 Å². The highest BCUT2D eigenvalue weighted by molar-refractivity contribution is 5.77. The fourth-order valence-electron chi connectivity index (χ4n) is 1.36. The third kappa shape index (κ3) is 2.75. The van der Waals surface area contributed by atoms with Crippen molar-refractivity contribution in [1.82, 2.24) is 0 Å². The predicted octanol–water partition coefficient (Wildman–Crippen LogP) is 2.88. The van der Waals surface area contributed by atoms with Crippen molar-refractivity contribution in [2.24, 2.45) is 0 Å². The van der Waals surface area contributed by atoms with Gasteiger partial charge in [-0.05, 0) is 37.5 Å². The number of hydrogen-bond donors (Lipinski definition) is 1. The minimum absolute atomic E-state index is 0.429. The molecule has 0 amide bonds. The molecule has 0 heterocycles. The van der Waals surface area contributed by atoms with Crippen molar-refractivity contribution >= 4 is 5.97 Å². The molecule has 1 rings (SSSR count). The summed E-state index contributed by atoms with van der Waals surface area (Å²) in [7, 11) is 0. The third-order valence-electron chi connectivity index (χ3n) is 2.78. The Morgan fingerprint density at radius 3 is 2.62 bits per heavy atom. The standard InChI is InChI=1S/C13H18O3/c1-4-10-7-6-8-11(9-10)16-13(3,5-2)12(14)15/h6-9H,4-5H2,1-3H3,(H,14,15). The number of carbonyl (C=O) groups is 1. The van der Waals surface area contributed by atoms with E-state index in [1.807, 2.05) is 18.2 Å². The Morgan fingerprint density at radius 1 is 1.44 bits per heavy atom. The average Bonchev–Trinajstić information content (AvgIpc) is 2.29. The first-order valence-corrected chi connectivity index (χ1v) is 5.53. The lowest BCUT2D eigenvalue weighted by atomic mass is 10.0. The summed E-state index contributed by atoms with van der Waals surface area (Å²) >= 11 is 0. The van der Waals surface area contributed by atoms with Crippen molar-refractivity contribution in [3.8, 4) is 5.75 Å². The summed E-state index contributed by atoms with van der Waals surface area (Å²) in [6.45, 7) is 5.45. The Kier molecular flexibility index (Phi) is 3.93. The van der Waals surface area contributed by atoms with E-state index in [9.17, 15) is 4.79 Å². The molecule has 0 aliphatic carbocycles. The Balaban J connectivity index is 2.90. The van der Waals surface area contributed by atoms with Gasteiger partial charge in [-0.15, -0.1) is 0 Å². The van der Waals surface area contributed by atoms with Crippen LogP contribution in [-0.2, 0) is 11.2 Å². The first-order chi connectivity index (χ1) is 7.51. The second-order valence-electron chi connectivity index (χ2n) is 3.99. The fraction of sp³-hybridized carbons (Fsp3) is 0.462. The van der Waals surface area contributed by atoms with Crippen molar-refractivity contribution in [3.63, 3.8) is 0 Å². The minimum atomic E-state index is -1.15. The van der Waals surface area contributed by atoms with E-state index >= 15 is 0 Å². The van der Waals surface area contributed by atoms with Gasteiger partial charge in [0.05, 0.1) is 0 Å². The molecule has 1 N–H and O–H groups in total. The molecule has 0 fully saturated rings. The number of benzene rings is 1. The van der Waals surface area contributed by atoms with Crippen LogP contribution in [0.1, 0.15) is 32.8 Å². The molecule has 1 aromatic rings. The van der Waals surface area contributed by atoms with Gasteiger partial charge in [-0.3, -0.25) is 0 Å². The van der Waals surface area contributed by atoms with E-state index in [0.29, 0.717) is 12.2 Å². The minimum Gasteiger partial charge on any atom is -0.478 e. The number of carboxylic acids is 1. The summed E-state index contributed by atoms with van der Waals surface area (Å²) in [5, 5.41) is 9.10. The van der Waals surface area contributed by atoms with Crippen LogP contribution in [0.2, 0.25) is 0 Å². The topological polar surface area (TPSA) is 46.5 Å². The molecule has 0 saturated heterocycles. The van der Waals surface area contributed by atoms with Gasteiger partial charge in [0.2, 0.25) is 5.60 Å². The van der Waals surface area contributed by atoms with Crippen LogP contribution in [0.3, 0.4) is 0 Å². The predicted molar refractivity (Wildman–Crippen MR) is 62.8 cm³/mol. The molecule has 3 nitrogen and oxygen atoms in total. The van der Waals surface area contributed by atoms with Crippen LogP contribution < -0.4 is 4.74 Å². The summed E-state index contributed by atoms with van der Waals surface area (Å²) in [5.74, 6) is -0.317. The maximum absolute atomic E-state index is 11.1. The van der Waals surface area contributed by atoms with Gasteiger partial charge in [0.25, 0.3) is 0 Å². The van der Waals surface area contributed by atoms with Crippen LogP contribution in [0.15, 0.2) is 24.3 Å². The van der Waals surface area contributed by atoms with Crippen molar-refractivity contribution in [2.75, 3.05) is 0 Å². The van der Waals surface area contributed by atoms with E-state index in [1.54, 1.807) is 19.9 Å². The molecule has 1 aromatic carbocycles. The monoisotopic (exact) mass is 222 g/mol. The zero-order valence-electron chi connectivity index (χ0n) is 9.99. The molecule has 1 atom stereocenters. The highest BCUT2D eigenvalue weighted by Crippen LogP contribution is 2.22. The van der Waals surface area contributed by atoms with Gasteiger partial charge in [0.1, 0.15) is 5.75 Å². The Morgan fingerprint density at radius 2 is 2.12 bits per heavy atom. The molecule has 16 heavy (non-hydrogen) atoms. The molecule has 88 valence electrons. The normalized spacial score (nSPS) is 14.2. The van der Waals surface area contributed by atoms with Crippen molar-refractivity contribution in [2.45, 2.75) is 39.2 Å². The molecule has 3 heteroatoms. The van der Waals surface area contributed by atoms with Gasteiger partial charge in [-0.2, -0.15) is 0 Å². The Bertz CT molecular complexity index is 373. The number of carboxylic acid groups (broad SMARTS) is 1. The lowest BCUT2D eigenvalue weighted by Crippen LogP contribution is -2.40.